The monoisotopic (exact) mass is 254 g/mol. The van der Waals surface area contributed by atoms with Crippen molar-refractivity contribution in [2.75, 3.05) is 0 Å². The van der Waals surface area contributed by atoms with Gasteiger partial charge in [-0.15, -0.1) is 22.9 Å². The van der Waals surface area contributed by atoms with Crippen LogP contribution >= 0.6 is 22.9 Å². The third kappa shape index (κ3) is 2.45. The van der Waals surface area contributed by atoms with Gasteiger partial charge in [-0.2, -0.15) is 0 Å². The van der Waals surface area contributed by atoms with E-state index >= 15 is 0 Å². The molecular formula is C13H12ClFS. The van der Waals surface area contributed by atoms with Gasteiger partial charge in [-0.3, -0.25) is 0 Å². The zero-order valence-corrected chi connectivity index (χ0v) is 10.5. The van der Waals surface area contributed by atoms with E-state index in [1.807, 2.05) is 6.07 Å². The van der Waals surface area contributed by atoms with E-state index in [0.29, 0.717) is 0 Å². The molecule has 1 aromatic heterocycles. The number of hydrogen-bond donors (Lipinski definition) is 0. The average molecular weight is 255 g/mol. The molecule has 3 heteroatoms. The van der Waals surface area contributed by atoms with Gasteiger partial charge in [0, 0.05) is 9.75 Å². The highest BCUT2D eigenvalue weighted by molar-refractivity contribution is 7.12. The van der Waals surface area contributed by atoms with Gasteiger partial charge in [0.1, 0.15) is 5.82 Å². The van der Waals surface area contributed by atoms with Gasteiger partial charge in [-0.1, -0.05) is 19.1 Å². The Balaban J connectivity index is 2.24. The minimum Gasteiger partial charge on any atom is -0.207 e. The fraction of sp³-hybridized carbons (Fsp3) is 0.231. The van der Waals surface area contributed by atoms with Crippen molar-refractivity contribution in [3.8, 4) is 0 Å². The van der Waals surface area contributed by atoms with Crippen LogP contribution in [0.25, 0.3) is 0 Å². The Bertz CT molecular complexity index is 461. The fourth-order valence-corrected chi connectivity index (χ4v) is 2.83. The molecule has 0 amide bonds. The van der Waals surface area contributed by atoms with E-state index in [0.717, 1.165) is 16.9 Å². The predicted molar refractivity (Wildman–Crippen MR) is 67.8 cm³/mol. The largest absolute Gasteiger partial charge is 0.207 e. The Morgan fingerprint density at radius 2 is 1.88 bits per heavy atom. The first kappa shape index (κ1) is 11.6. The van der Waals surface area contributed by atoms with Crippen molar-refractivity contribution in [2.24, 2.45) is 0 Å². The first-order valence-electron chi connectivity index (χ1n) is 5.19. The molecule has 16 heavy (non-hydrogen) atoms. The van der Waals surface area contributed by atoms with Crippen LogP contribution in [-0.2, 0) is 6.42 Å². The molecule has 1 heterocycles. The summed E-state index contributed by atoms with van der Waals surface area (Å²) >= 11 is 8.06. The Labute approximate surface area is 104 Å². The van der Waals surface area contributed by atoms with Crippen LogP contribution in [0.4, 0.5) is 4.39 Å². The Hall–Kier alpha value is -0.860. The minimum atomic E-state index is -0.229. The van der Waals surface area contributed by atoms with Crippen LogP contribution < -0.4 is 0 Å². The van der Waals surface area contributed by atoms with E-state index in [1.165, 1.54) is 17.0 Å². The SMILES string of the molecule is CCc1ccc(C(Cl)c2ccc(F)cc2)s1. The molecule has 1 atom stereocenters. The number of rotatable bonds is 3. The van der Waals surface area contributed by atoms with Crippen LogP contribution in [0.5, 0.6) is 0 Å². The number of thiophene rings is 1. The number of halogens is 2. The lowest BCUT2D eigenvalue weighted by Gasteiger charge is -2.07. The molecule has 1 unspecified atom stereocenters. The molecule has 0 nitrogen and oxygen atoms in total. The first-order valence-corrected chi connectivity index (χ1v) is 6.44. The summed E-state index contributed by atoms with van der Waals surface area (Å²) in [5, 5.41) is -0.175. The number of aryl methyl sites for hydroxylation is 1. The summed E-state index contributed by atoms with van der Waals surface area (Å²) in [5.41, 5.74) is 0.938. The maximum absolute atomic E-state index is 12.8. The van der Waals surface area contributed by atoms with Gasteiger partial charge in [-0.05, 0) is 36.2 Å². The normalized spacial score (nSPS) is 12.7. The summed E-state index contributed by atoms with van der Waals surface area (Å²) in [6.07, 6.45) is 1.03. The van der Waals surface area contributed by atoms with Crippen LogP contribution in [0.3, 0.4) is 0 Å². The maximum Gasteiger partial charge on any atom is 0.123 e. The van der Waals surface area contributed by atoms with Crippen LogP contribution in [0, 0.1) is 5.82 Å². The standard InChI is InChI=1S/C13H12ClFS/c1-2-11-7-8-12(16-11)13(14)9-3-5-10(15)6-4-9/h3-8,13H,2H2,1H3. The van der Waals surface area contributed by atoms with Crippen LogP contribution in [0.2, 0.25) is 0 Å². The molecular weight excluding hydrogens is 243 g/mol. The van der Waals surface area contributed by atoms with Crippen molar-refractivity contribution in [1.29, 1.82) is 0 Å². The van der Waals surface area contributed by atoms with Crippen molar-refractivity contribution < 1.29 is 4.39 Å². The summed E-state index contributed by atoms with van der Waals surface area (Å²) in [6.45, 7) is 2.12. The molecule has 2 aromatic rings. The number of alkyl halides is 1. The zero-order chi connectivity index (χ0) is 11.5. The van der Waals surface area contributed by atoms with Gasteiger partial charge in [0.2, 0.25) is 0 Å². The fourth-order valence-electron chi connectivity index (χ4n) is 1.52. The second-order valence-electron chi connectivity index (χ2n) is 3.57. The Kier molecular flexibility index (Phi) is 3.62. The molecule has 0 bridgehead atoms. The highest BCUT2D eigenvalue weighted by atomic mass is 35.5. The summed E-state index contributed by atoms with van der Waals surface area (Å²) in [4.78, 5) is 2.44. The lowest BCUT2D eigenvalue weighted by atomic mass is 10.1. The first-order chi connectivity index (χ1) is 7.70. The lowest BCUT2D eigenvalue weighted by molar-refractivity contribution is 0.627. The van der Waals surface area contributed by atoms with Crippen LogP contribution in [-0.4, -0.2) is 0 Å². The van der Waals surface area contributed by atoms with E-state index in [-0.39, 0.29) is 11.2 Å². The summed E-state index contributed by atoms with van der Waals surface area (Å²) in [7, 11) is 0. The number of benzene rings is 1. The third-order valence-electron chi connectivity index (χ3n) is 2.44. The molecule has 0 aliphatic carbocycles. The topological polar surface area (TPSA) is 0 Å². The summed E-state index contributed by atoms with van der Waals surface area (Å²) in [5.74, 6) is -0.229. The van der Waals surface area contributed by atoms with Crippen LogP contribution in [0.15, 0.2) is 36.4 Å². The average Bonchev–Trinajstić information content (AvgIpc) is 2.77. The molecule has 0 fully saturated rings. The van der Waals surface area contributed by atoms with Gasteiger partial charge < -0.3 is 0 Å². The molecule has 0 spiro atoms. The maximum atomic E-state index is 12.8. The van der Waals surface area contributed by atoms with E-state index in [1.54, 1.807) is 23.5 Å². The van der Waals surface area contributed by atoms with Gasteiger partial charge >= 0.3 is 0 Å². The van der Waals surface area contributed by atoms with Crippen molar-refractivity contribution in [1.82, 2.24) is 0 Å². The second kappa shape index (κ2) is 4.98. The molecule has 0 aliphatic heterocycles. The van der Waals surface area contributed by atoms with Crippen molar-refractivity contribution in [3.63, 3.8) is 0 Å². The molecule has 2 rings (SSSR count). The minimum absolute atomic E-state index is 0.175. The van der Waals surface area contributed by atoms with E-state index in [9.17, 15) is 4.39 Å². The highest BCUT2D eigenvalue weighted by Crippen LogP contribution is 2.33. The quantitative estimate of drug-likeness (QED) is 0.692. The lowest BCUT2D eigenvalue weighted by Crippen LogP contribution is -1.89. The summed E-state index contributed by atoms with van der Waals surface area (Å²) < 4.78 is 12.8. The molecule has 0 saturated carbocycles. The van der Waals surface area contributed by atoms with E-state index < -0.39 is 0 Å². The smallest absolute Gasteiger partial charge is 0.123 e. The van der Waals surface area contributed by atoms with Gasteiger partial charge in [0.15, 0.2) is 0 Å². The van der Waals surface area contributed by atoms with Gasteiger partial charge in [0.25, 0.3) is 0 Å². The Morgan fingerprint density at radius 3 is 2.44 bits per heavy atom. The Morgan fingerprint density at radius 1 is 1.19 bits per heavy atom. The summed E-state index contributed by atoms with van der Waals surface area (Å²) in [6, 6.07) is 10.5. The second-order valence-corrected chi connectivity index (χ2v) is 5.21. The van der Waals surface area contributed by atoms with Gasteiger partial charge in [-0.25, -0.2) is 4.39 Å². The van der Waals surface area contributed by atoms with E-state index in [2.05, 4.69) is 13.0 Å². The van der Waals surface area contributed by atoms with E-state index in [4.69, 9.17) is 11.6 Å². The zero-order valence-electron chi connectivity index (χ0n) is 8.91. The predicted octanol–water partition coefficient (Wildman–Crippen LogP) is 4.78. The molecule has 0 N–H and O–H groups in total. The molecule has 1 aromatic carbocycles. The van der Waals surface area contributed by atoms with Crippen molar-refractivity contribution in [3.05, 3.63) is 57.5 Å². The number of hydrogen-bond acceptors (Lipinski definition) is 1. The molecule has 0 radical (unpaired) electrons. The third-order valence-corrected chi connectivity index (χ3v) is 4.35. The van der Waals surface area contributed by atoms with Crippen molar-refractivity contribution in [2.45, 2.75) is 18.7 Å². The highest BCUT2D eigenvalue weighted by Gasteiger charge is 2.12. The molecule has 0 aliphatic rings. The molecule has 84 valence electrons. The van der Waals surface area contributed by atoms with Crippen molar-refractivity contribution >= 4 is 22.9 Å². The molecule has 0 saturated heterocycles. The van der Waals surface area contributed by atoms with Gasteiger partial charge in [0.05, 0.1) is 5.38 Å². The van der Waals surface area contributed by atoms with Crippen LogP contribution in [0.1, 0.15) is 27.6 Å².